The highest BCUT2D eigenvalue weighted by Gasteiger charge is 2.26. The van der Waals surface area contributed by atoms with Gasteiger partial charge < -0.3 is 10.8 Å². The minimum absolute atomic E-state index is 0.00904. The Morgan fingerprint density at radius 2 is 2.03 bits per heavy atom. The summed E-state index contributed by atoms with van der Waals surface area (Å²) in [5.41, 5.74) is 8.70. The molecule has 0 fully saturated rings. The molecular formula is C19H15N9O5. The second-order valence-electron chi connectivity index (χ2n) is 6.63. The number of nitro benzene ring substituents is 1. The molecule has 0 saturated carbocycles. The van der Waals surface area contributed by atoms with Crippen LogP contribution >= 0.6 is 0 Å². The van der Waals surface area contributed by atoms with E-state index in [1.165, 1.54) is 30.3 Å². The highest BCUT2D eigenvalue weighted by molar-refractivity contribution is 6.03. The quantitative estimate of drug-likeness (QED) is 0.221. The minimum Gasteiger partial charge on any atom is -0.507 e. The standard InChI is InChI=1S/C19H15N9O5/c1-10(13-7-2-3-8-14(13)29)21-23-19(30)15-16(11-5-4-6-12(9-11)28(31)32)27(26-22-15)18-17(20)24-33-25-18/h2-9,29H,1H3,(H2,20,24)(H,23,30). The molecule has 0 spiro atoms. The van der Waals surface area contributed by atoms with Gasteiger partial charge in [-0.2, -0.15) is 9.78 Å². The van der Waals surface area contributed by atoms with Crippen LogP contribution in [0.3, 0.4) is 0 Å². The van der Waals surface area contributed by atoms with Crippen LogP contribution in [0.25, 0.3) is 17.1 Å². The highest BCUT2D eigenvalue weighted by Crippen LogP contribution is 2.29. The summed E-state index contributed by atoms with van der Waals surface area (Å²) >= 11 is 0. The lowest BCUT2D eigenvalue weighted by Crippen LogP contribution is -2.21. The maximum atomic E-state index is 12.9. The number of rotatable bonds is 6. The lowest BCUT2D eigenvalue weighted by Gasteiger charge is -2.07. The molecule has 4 aromatic rings. The summed E-state index contributed by atoms with van der Waals surface area (Å²) in [6, 6.07) is 12.0. The van der Waals surface area contributed by atoms with Gasteiger partial charge in [-0.3, -0.25) is 14.9 Å². The summed E-state index contributed by atoms with van der Waals surface area (Å²) in [4.78, 5) is 23.6. The average molecular weight is 449 g/mol. The van der Waals surface area contributed by atoms with Crippen LogP contribution in [-0.4, -0.2) is 47.0 Å². The van der Waals surface area contributed by atoms with Crippen LogP contribution < -0.4 is 11.2 Å². The van der Waals surface area contributed by atoms with Crippen molar-refractivity contribution in [1.82, 2.24) is 30.7 Å². The van der Waals surface area contributed by atoms with Crippen molar-refractivity contribution in [3.8, 4) is 22.8 Å². The summed E-state index contributed by atoms with van der Waals surface area (Å²) in [5, 5.41) is 40.1. The Balaban J connectivity index is 1.77. The number of amides is 1. The third kappa shape index (κ3) is 4.07. The summed E-state index contributed by atoms with van der Waals surface area (Å²) in [5.74, 6) is -0.971. The van der Waals surface area contributed by atoms with Crippen LogP contribution in [0.4, 0.5) is 11.5 Å². The Morgan fingerprint density at radius 1 is 1.24 bits per heavy atom. The van der Waals surface area contributed by atoms with Gasteiger partial charge in [-0.25, -0.2) is 10.1 Å². The molecule has 1 amide bonds. The van der Waals surface area contributed by atoms with Crippen LogP contribution in [0.5, 0.6) is 5.75 Å². The van der Waals surface area contributed by atoms with Gasteiger partial charge in [-0.05, 0) is 29.4 Å². The second kappa shape index (κ2) is 8.54. The Kier molecular flexibility index (Phi) is 5.46. The zero-order valence-corrected chi connectivity index (χ0v) is 16.9. The van der Waals surface area contributed by atoms with E-state index in [0.717, 1.165) is 4.68 Å². The summed E-state index contributed by atoms with van der Waals surface area (Å²) in [6.45, 7) is 1.59. The van der Waals surface area contributed by atoms with Crippen molar-refractivity contribution >= 4 is 23.1 Å². The molecule has 0 saturated heterocycles. The van der Waals surface area contributed by atoms with Crippen molar-refractivity contribution < 1.29 is 19.5 Å². The van der Waals surface area contributed by atoms with E-state index in [1.54, 1.807) is 25.1 Å². The molecule has 14 heteroatoms. The third-order valence-corrected chi connectivity index (χ3v) is 4.53. The van der Waals surface area contributed by atoms with Crippen molar-refractivity contribution in [1.29, 1.82) is 0 Å². The number of para-hydroxylation sites is 1. The van der Waals surface area contributed by atoms with E-state index in [-0.39, 0.29) is 40.0 Å². The lowest BCUT2D eigenvalue weighted by atomic mass is 10.1. The predicted molar refractivity (Wildman–Crippen MR) is 114 cm³/mol. The number of nitrogens with one attached hydrogen (secondary N) is 1. The molecule has 33 heavy (non-hydrogen) atoms. The first-order chi connectivity index (χ1) is 15.9. The Bertz CT molecular complexity index is 1390. The maximum absolute atomic E-state index is 12.9. The molecule has 0 aliphatic heterocycles. The first kappa shape index (κ1) is 21.1. The fourth-order valence-electron chi connectivity index (χ4n) is 2.97. The molecule has 2 aromatic heterocycles. The second-order valence-corrected chi connectivity index (χ2v) is 6.63. The molecule has 0 aliphatic rings. The summed E-state index contributed by atoms with van der Waals surface area (Å²) in [6.07, 6.45) is 0. The number of aromatic nitrogens is 5. The number of benzene rings is 2. The van der Waals surface area contributed by atoms with Crippen molar-refractivity contribution in [3.05, 3.63) is 69.9 Å². The number of phenols is 1. The molecule has 2 heterocycles. The smallest absolute Gasteiger partial charge is 0.294 e. The zero-order chi connectivity index (χ0) is 23.5. The molecule has 0 bridgehead atoms. The van der Waals surface area contributed by atoms with Gasteiger partial charge in [0, 0.05) is 23.3 Å². The number of hydrogen-bond acceptors (Lipinski definition) is 11. The predicted octanol–water partition coefficient (Wildman–Crippen LogP) is 1.67. The SMILES string of the molecule is CC(=NNC(=O)c1nnn(-c2nonc2N)c1-c1cccc([N+](=O)[O-])c1)c1ccccc1O. The molecule has 0 aliphatic carbocycles. The van der Waals surface area contributed by atoms with E-state index in [2.05, 4.69) is 35.8 Å². The molecule has 0 radical (unpaired) electrons. The maximum Gasteiger partial charge on any atom is 0.294 e. The van der Waals surface area contributed by atoms with Gasteiger partial charge in [-0.1, -0.05) is 29.5 Å². The molecule has 166 valence electrons. The fourth-order valence-corrected chi connectivity index (χ4v) is 2.97. The number of nitrogens with two attached hydrogens (primary N) is 1. The summed E-state index contributed by atoms with van der Waals surface area (Å²) in [7, 11) is 0. The largest absolute Gasteiger partial charge is 0.507 e. The van der Waals surface area contributed by atoms with Crippen molar-refractivity contribution in [2.24, 2.45) is 5.10 Å². The number of nitrogen functional groups attached to an aromatic ring is 1. The fraction of sp³-hybridized carbons (Fsp3) is 0.0526. The van der Waals surface area contributed by atoms with E-state index >= 15 is 0 Å². The number of nitro groups is 1. The van der Waals surface area contributed by atoms with Gasteiger partial charge in [0.1, 0.15) is 11.4 Å². The van der Waals surface area contributed by atoms with Gasteiger partial charge in [0.15, 0.2) is 5.69 Å². The highest BCUT2D eigenvalue weighted by atomic mass is 16.6. The molecule has 0 unspecified atom stereocenters. The van der Waals surface area contributed by atoms with E-state index in [4.69, 9.17) is 5.73 Å². The van der Waals surface area contributed by atoms with Crippen LogP contribution in [0.15, 0.2) is 58.3 Å². The van der Waals surface area contributed by atoms with E-state index < -0.39 is 10.8 Å². The minimum atomic E-state index is -0.771. The molecule has 4 rings (SSSR count). The van der Waals surface area contributed by atoms with Gasteiger partial charge in [0.05, 0.1) is 10.6 Å². The Morgan fingerprint density at radius 3 is 2.73 bits per heavy atom. The van der Waals surface area contributed by atoms with E-state index in [1.807, 2.05) is 0 Å². The van der Waals surface area contributed by atoms with Crippen LogP contribution in [-0.2, 0) is 0 Å². The number of hydrazone groups is 1. The number of non-ortho nitro benzene ring substituents is 1. The lowest BCUT2D eigenvalue weighted by molar-refractivity contribution is -0.384. The monoisotopic (exact) mass is 449 g/mol. The van der Waals surface area contributed by atoms with E-state index in [9.17, 15) is 20.0 Å². The number of carbonyl (C=O) groups is 1. The summed E-state index contributed by atoms with van der Waals surface area (Å²) < 4.78 is 5.68. The van der Waals surface area contributed by atoms with Gasteiger partial charge in [-0.15, -0.1) is 5.10 Å². The third-order valence-electron chi connectivity index (χ3n) is 4.53. The molecule has 0 atom stereocenters. The van der Waals surface area contributed by atoms with Crippen LogP contribution in [0.2, 0.25) is 0 Å². The van der Waals surface area contributed by atoms with Crippen LogP contribution in [0, 0.1) is 10.1 Å². The van der Waals surface area contributed by atoms with Gasteiger partial charge >= 0.3 is 0 Å². The van der Waals surface area contributed by atoms with E-state index in [0.29, 0.717) is 11.3 Å². The Hall–Kier alpha value is -5.14. The first-order valence-electron chi connectivity index (χ1n) is 9.28. The number of hydrogen-bond donors (Lipinski definition) is 3. The van der Waals surface area contributed by atoms with Crippen molar-refractivity contribution in [2.45, 2.75) is 6.92 Å². The molecule has 2 aromatic carbocycles. The number of anilines is 1. The number of carbonyl (C=O) groups excluding carboxylic acids is 1. The van der Waals surface area contributed by atoms with Crippen LogP contribution in [0.1, 0.15) is 23.0 Å². The average Bonchev–Trinajstić information content (AvgIpc) is 3.43. The number of nitrogens with zero attached hydrogens (tertiary/aromatic N) is 7. The number of aromatic hydroxyl groups is 1. The number of phenolic OH excluding ortho intramolecular Hbond substituents is 1. The van der Waals surface area contributed by atoms with Gasteiger partial charge in [0.25, 0.3) is 11.6 Å². The first-order valence-corrected chi connectivity index (χ1v) is 9.28. The topological polar surface area (TPSA) is 200 Å². The molecule has 14 nitrogen and oxygen atoms in total. The Labute approximate surface area is 184 Å². The normalized spacial score (nSPS) is 11.4. The molecular weight excluding hydrogens is 434 g/mol. The van der Waals surface area contributed by atoms with Crippen molar-refractivity contribution in [2.75, 3.05) is 5.73 Å². The van der Waals surface area contributed by atoms with Crippen molar-refractivity contribution in [3.63, 3.8) is 0 Å². The van der Waals surface area contributed by atoms with Gasteiger partial charge in [0.2, 0.25) is 11.6 Å². The molecule has 4 N–H and O–H groups in total. The zero-order valence-electron chi connectivity index (χ0n) is 16.9.